The Morgan fingerprint density at radius 3 is 2.42 bits per heavy atom. The van der Waals surface area contributed by atoms with Crippen LogP contribution < -0.4 is 5.32 Å². The molecule has 0 amide bonds. The van der Waals surface area contributed by atoms with Crippen molar-refractivity contribution in [3.8, 4) is 12.3 Å². The van der Waals surface area contributed by atoms with Crippen molar-refractivity contribution in [2.75, 3.05) is 13.1 Å². The number of piperazine rings is 1. The van der Waals surface area contributed by atoms with Gasteiger partial charge in [0.05, 0.1) is 0 Å². The minimum atomic E-state index is 0.547. The Morgan fingerprint density at radius 1 is 1.26 bits per heavy atom. The molecule has 1 aliphatic heterocycles. The van der Waals surface area contributed by atoms with E-state index in [-0.39, 0.29) is 0 Å². The Hall–Kier alpha value is -0.520. The van der Waals surface area contributed by atoms with Crippen LogP contribution in [-0.4, -0.2) is 36.1 Å². The average molecular weight is 264 g/mol. The molecule has 0 saturated carbocycles. The molecule has 1 rings (SSSR count). The van der Waals surface area contributed by atoms with Gasteiger partial charge in [-0.15, -0.1) is 12.3 Å². The molecule has 0 bridgehead atoms. The summed E-state index contributed by atoms with van der Waals surface area (Å²) in [4.78, 5) is 2.69. The highest BCUT2D eigenvalue weighted by molar-refractivity contribution is 4.97. The quantitative estimate of drug-likeness (QED) is 0.742. The molecular formula is C17H32N2. The van der Waals surface area contributed by atoms with Crippen molar-refractivity contribution in [1.29, 1.82) is 0 Å². The van der Waals surface area contributed by atoms with Crippen molar-refractivity contribution in [1.82, 2.24) is 10.2 Å². The lowest BCUT2D eigenvalue weighted by Gasteiger charge is -2.47. The zero-order valence-electron chi connectivity index (χ0n) is 13.4. The summed E-state index contributed by atoms with van der Waals surface area (Å²) in [6.45, 7) is 13.8. The third-order valence-electron chi connectivity index (χ3n) is 4.82. The predicted molar refractivity (Wildman–Crippen MR) is 84.1 cm³/mol. The first-order chi connectivity index (χ1) is 9.04. The number of hydrogen-bond acceptors (Lipinski definition) is 2. The smallest absolute Gasteiger partial charge is 0.0247 e. The summed E-state index contributed by atoms with van der Waals surface area (Å²) in [5, 5.41) is 3.76. The van der Waals surface area contributed by atoms with Gasteiger partial charge >= 0.3 is 0 Å². The van der Waals surface area contributed by atoms with Gasteiger partial charge in [0.15, 0.2) is 0 Å². The van der Waals surface area contributed by atoms with E-state index in [4.69, 9.17) is 6.42 Å². The second-order valence-corrected chi connectivity index (χ2v) is 6.38. The summed E-state index contributed by atoms with van der Waals surface area (Å²) in [7, 11) is 0. The average Bonchev–Trinajstić information content (AvgIpc) is 2.43. The van der Waals surface area contributed by atoms with Gasteiger partial charge in [0.1, 0.15) is 0 Å². The highest BCUT2D eigenvalue weighted by Crippen LogP contribution is 2.24. The zero-order valence-corrected chi connectivity index (χ0v) is 13.4. The molecule has 0 aromatic rings. The number of hydrogen-bond donors (Lipinski definition) is 1. The molecule has 4 atom stereocenters. The summed E-state index contributed by atoms with van der Waals surface area (Å²) in [5.74, 6) is 4.28. The highest BCUT2D eigenvalue weighted by Gasteiger charge is 2.34. The van der Waals surface area contributed by atoms with Gasteiger partial charge in [0, 0.05) is 37.6 Å². The first-order valence-electron chi connectivity index (χ1n) is 7.97. The van der Waals surface area contributed by atoms with Crippen LogP contribution in [-0.2, 0) is 0 Å². The second-order valence-electron chi connectivity index (χ2n) is 6.38. The normalized spacial score (nSPS) is 28.1. The molecule has 0 aromatic heterocycles. The van der Waals surface area contributed by atoms with E-state index in [9.17, 15) is 0 Å². The Kier molecular flexibility index (Phi) is 6.89. The van der Waals surface area contributed by atoms with Crippen LogP contribution in [0.2, 0.25) is 0 Å². The molecule has 1 N–H and O–H groups in total. The van der Waals surface area contributed by atoms with Crippen molar-refractivity contribution in [2.45, 2.75) is 72.0 Å². The predicted octanol–water partition coefficient (Wildman–Crippen LogP) is 3.13. The second kappa shape index (κ2) is 7.92. The topological polar surface area (TPSA) is 15.3 Å². The van der Waals surface area contributed by atoms with Crippen LogP contribution >= 0.6 is 0 Å². The number of nitrogens with zero attached hydrogens (tertiary/aromatic N) is 1. The molecule has 0 spiro atoms. The standard InChI is InChI=1S/C17H32N2/c1-7-10-15(9-3)19-12-16(14(6)8-2)18-11-17(19)13(4)5/h1,13-18H,8-12H2,2-6H3. The Morgan fingerprint density at radius 2 is 1.95 bits per heavy atom. The van der Waals surface area contributed by atoms with Crippen LogP contribution in [0.5, 0.6) is 0 Å². The maximum absolute atomic E-state index is 5.56. The summed E-state index contributed by atoms with van der Waals surface area (Å²) in [6.07, 6.45) is 8.84. The van der Waals surface area contributed by atoms with Gasteiger partial charge in [0.25, 0.3) is 0 Å². The van der Waals surface area contributed by atoms with Gasteiger partial charge in [-0.05, 0) is 18.3 Å². The van der Waals surface area contributed by atoms with Crippen molar-refractivity contribution >= 4 is 0 Å². The fourth-order valence-electron chi connectivity index (χ4n) is 3.15. The lowest BCUT2D eigenvalue weighted by atomic mass is 9.90. The van der Waals surface area contributed by atoms with Gasteiger partial charge in [0.2, 0.25) is 0 Å². The van der Waals surface area contributed by atoms with E-state index < -0.39 is 0 Å². The Bertz CT molecular complexity index is 292. The molecule has 0 radical (unpaired) electrons. The van der Waals surface area contributed by atoms with Crippen LogP contribution in [0.1, 0.15) is 53.9 Å². The van der Waals surface area contributed by atoms with Crippen LogP contribution in [0.3, 0.4) is 0 Å². The first-order valence-corrected chi connectivity index (χ1v) is 7.97. The monoisotopic (exact) mass is 264 g/mol. The van der Waals surface area contributed by atoms with Crippen LogP contribution in [0.4, 0.5) is 0 Å². The van der Waals surface area contributed by atoms with Crippen LogP contribution in [0.25, 0.3) is 0 Å². The lowest BCUT2D eigenvalue weighted by Crippen LogP contribution is -2.62. The number of rotatable bonds is 6. The maximum atomic E-state index is 5.56. The fraction of sp³-hybridized carbons (Fsp3) is 0.882. The Balaban J connectivity index is 2.81. The van der Waals surface area contributed by atoms with E-state index in [1.165, 1.54) is 6.42 Å². The lowest BCUT2D eigenvalue weighted by molar-refractivity contribution is 0.0430. The molecule has 110 valence electrons. The van der Waals surface area contributed by atoms with Gasteiger partial charge in [-0.1, -0.05) is 41.0 Å². The maximum Gasteiger partial charge on any atom is 0.0247 e. The van der Waals surface area contributed by atoms with E-state index in [1.54, 1.807) is 0 Å². The summed E-state index contributed by atoms with van der Waals surface area (Å²) in [6, 6.07) is 1.79. The molecular weight excluding hydrogens is 232 g/mol. The van der Waals surface area contributed by atoms with E-state index in [1.807, 2.05) is 0 Å². The van der Waals surface area contributed by atoms with E-state index in [0.717, 1.165) is 31.8 Å². The fourth-order valence-corrected chi connectivity index (χ4v) is 3.15. The molecule has 2 nitrogen and oxygen atoms in total. The van der Waals surface area contributed by atoms with Gasteiger partial charge in [-0.25, -0.2) is 0 Å². The van der Waals surface area contributed by atoms with Crippen molar-refractivity contribution in [3.63, 3.8) is 0 Å². The van der Waals surface area contributed by atoms with Gasteiger partial charge in [-0.3, -0.25) is 4.90 Å². The summed E-state index contributed by atoms with van der Waals surface area (Å²) in [5.41, 5.74) is 0. The molecule has 1 fully saturated rings. The highest BCUT2D eigenvalue weighted by atomic mass is 15.3. The summed E-state index contributed by atoms with van der Waals surface area (Å²) >= 11 is 0. The molecule has 4 unspecified atom stereocenters. The van der Waals surface area contributed by atoms with Crippen molar-refractivity contribution in [2.24, 2.45) is 11.8 Å². The number of terminal acetylenes is 1. The first kappa shape index (κ1) is 16.5. The molecule has 2 heteroatoms. The van der Waals surface area contributed by atoms with Crippen molar-refractivity contribution < 1.29 is 0 Å². The van der Waals surface area contributed by atoms with E-state index in [2.05, 4.69) is 50.8 Å². The molecule has 1 saturated heterocycles. The van der Waals surface area contributed by atoms with Crippen LogP contribution in [0, 0.1) is 24.2 Å². The molecule has 0 aliphatic carbocycles. The minimum absolute atomic E-state index is 0.547. The third kappa shape index (κ3) is 4.23. The van der Waals surface area contributed by atoms with Gasteiger partial charge < -0.3 is 5.32 Å². The zero-order chi connectivity index (χ0) is 14.4. The Labute approximate surface area is 120 Å². The number of nitrogens with one attached hydrogen (secondary N) is 1. The molecule has 0 aromatic carbocycles. The SMILES string of the molecule is C#CCC(CC)N1CC(C(C)CC)NCC1C(C)C. The third-order valence-corrected chi connectivity index (χ3v) is 4.82. The van der Waals surface area contributed by atoms with E-state index in [0.29, 0.717) is 24.0 Å². The van der Waals surface area contributed by atoms with Crippen molar-refractivity contribution in [3.05, 3.63) is 0 Å². The summed E-state index contributed by atoms with van der Waals surface area (Å²) < 4.78 is 0. The minimum Gasteiger partial charge on any atom is -0.311 e. The largest absolute Gasteiger partial charge is 0.311 e. The molecule has 1 aliphatic rings. The van der Waals surface area contributed by atoms with E-state index >= 15 is 0 Å². The van der Waals surface area contributed by atoms with Crippen LogP contribution in [0.15, 0.2) is 0 Å². The molecule has 19 heavy (non-hydrogen) atoms. The molecule has 1 heterocycles. The van der Waals surface area contributed by atoms with Gasteiger partial charge in [-0.2, -0.15) is 0 Å².